The molecule has 1 amide bonds. The third-order valence-electron chi connectivity index (χ3n) is 3.10. The minimum Gasteiger partial charge on any atom is -0.375 e. The summed E-state index contributed by atoms with van der Waals surface area (Å²) in [6.45, 7) is 2.83. The molecule has 1 aromatic carbocycles. The number of rotatable bonds is 3. The molecular formula is C12H12N2O5. The van der Waals surface area contributed by atoms with Gasteiger partial charge in [0.2, 0.25) is 0 Å². The Morgan fingerprint density at radius 2 is 2.16 bits per heavy atom. The molecule has 100 valence electrons. The summed E-state index contributed by atoms with van der Waals surface area (Å²) in [6.07, 6.45) is -0.410. The van der Waals surface area contributed by atoms with Crippen LogP contribution in [-0.4, -0.2) is 21.7 Å². The van der Waals surface area contributed by atoms with Crippen LogP contribution in [0.25, 0.3) is 0 Å². The topological polar surface area (TPSA) is 110 Å². The summed E-state index contributed by atoms with van der Waals surface area (Å²) >= 11 is 0. The van der Waals surface area contributed by atoms with Gasteiger partial charge in [-0.2, -0.15) is 0 Å². The Hall–Kier alpha value is -2.28. The number of nitro groups is 1. The molecule has 2 rings (SSSR count). The lowest BCUT2D eigenvalue weighted by Crippen LogP contribution is -2.36. The first kappa shape index (κ1) is 13.2. The number of hydrogen-bond donors (Lipinski definition) is 2. The molecule has 0 aliphatic carbocycles. The van der Waals surface area contributed by atoms with Crippen LogP contribution in [0.2, 0.25) is 0 Å². The second kappa shape index (κ2) is 4.13. The molecule has 1 aromatic rings. The number of aryl methyl sites for hydroxylation is 1. The number of anilines is 1. The minimum absolute atomic E-state index is 0.0828. The maximum absolute atomic E-state index is 11.8. The van der Waals surface area contributed by atoms with Crippen LogP contribution in [0.5, 0.6) is 0 Å². The van der Waals surface area contributed by atoms with E-state index in [-0.39, 0.29) is 17.0 Å². The van der Waals surface area contributed by atoms with E-state index in [4.69, 9.17) is 0 Å². The van der Waals surface area contributed by atoms with E-state index in [1.165, 1.54) is 13.0 Å². The van der Waals surface area contributed by atoms with Crippen LogP contribution in [0.1, 0.15) is 24.5 Å². The molecule has 0 radical (unpaired) electrons. The molecule has 0 aromatic heterocycles. The van der Waals surface area contributed by atoms with Gasteiger partial charge in [0, 0.05) is 24.1 Å². The maximum Gasteiger partial charge on any atom is 0.270 e. The van der Waals surface area contributed by atoms with Crippen LogP contribution >= 0.6 is 0 Å². The normalized spacial score (nSPS) is 20.9. The van der Waals surface area contributed by atoms with Crippen LogP contribution in [0, 0.1) is 17.0 Å². The number of fused-ring (bicyclic) bond motifs is 1. The van der Waals surface area contributed by atoms with Gasteiger partial charge >= 0.3 is 0 Å². The van der Waals surface area contributed by atoms with Gasteiger partial charge in [-0.3, -0.25) is 19.7 Å². The van der Waals surface area contributed by atoms with Crippen LogP contribution in [0.4, 0.5) is 11.4 Å². The van der Waals surface area contributed by atoms with Crippen molar-refractivity contribution < 1.29 is 19.6 Å². The van der Waals surface area contributed by atoms with E-state index in [0.717, 1.165) is 6.07 Å². The van der Waals surface area contributed by atoms with Crippen molar-refractivity contribution in [1.29, 1.82) is 0 Å². The predicted molar refractivity (Wildman–Crippen MR) is 65.7 cm³/mol. The van der Waals surface area contributed by atoms with Gasteiger partial charge in [-0.15, -0.1) is 0 Å². The number of non-ortho nitro benzene ring substituents is 1. The van der Waals surface area contributed by atoms with Crippen LogP contribution in [-0.2, 0) is 15.2 Å². The lowest BCUT2D eigenvalue weighted by Gasteiger charge is -2.18. The van der Waals surface area contributed by atoms with E-state index >= 15 is 0 Å². The van der Waals surface area contributed by atoms with Crippen LogP contribution in [0.3, 0.4) is 0 Å². The van der Waals surface area contributed by atoms with Crippen molar-refractivity contribution in [2.75, 3.05) is 5.32 Å². The van der Waals surface area contributed by atoms with E-state index in [1.54, 1.807) is 6.92 Å². The minimum atomic E-state index is -2.03. The Kier molecular flexibility index (Phi) is 2.86. The van der Waals surface area contributed by atoms with Gasteiger partial charge in [0.15, 0.2) is 5.60 Å². The quantitative estimate of drug-likeness (QED) is 0.625. The summed E-state index contributed by atoms with van der Waals surface area (Å²) < 4.78 is 0. The molecule has 19 heavy (non-hydrogen) atoms. The van der Waals surface area contributed by atoms with Crippen LogP contribution < -0.4 is 5.32 Å². The molecule has 7 nitrogen and oxygen atoms in total. The van der Waals surface area contributed by atoms with E-state index in [1.807, 2.05) is 0 Å². The van der Waals surface area contributed by atoms with Gasteiger partial charge in [0.25, 0.3) is 11.6 Å². The fraction of sp³-hybridized carbons (Fsp3) is 0.333. The molecule has 0 bridgehead atoms. The molecule has 1 unspecified atom stereocenters. The molecule has 7 heteroatoms. The lowest BCUT2D eigenvalue weighted by molar-refractivity contribution is -0.385. The van der Waals surface area contributed by atoms with Gasteiger partial charge in [-0.1, -0.05) is 0 Å². The molecule has 1 atom stereocenters. The predicted octanol–water partition coefficient (Wildman–Crippen LogP) is 1.02. The van der Waals surface area contributed by atoms with Crippen molar-refractivity contribution in [3.05, 3.63) is 33.4 Å². The SMILES string of the molecule is CC(=O)CC1(O)C(=O)Nc2c(C)cc([N+](=O)[O-])cc21. The summed E-state index contributed by atoms with van der Waals surface area (Å²) in [5.74, 6) is -1.11. The smallest absolute Gasteiger partial charge is 0.270 e. The number of benzene rings is 1. The van der Waals surface area contributed by atoms with Gasteiger partial charge < -0.3 is 10.4 Å². The number of nitro benzene ring substituents is 1. The molecule has 0 spiro atoms. The van der Waals surface area contributed by atoms with Gasteiger partial charge in [-0.25, -0.2) is 0 Å². The van der Waals surface area contributed by atoms with Crippen molar-refractivity contribution in [3.8, 4) is 0 Å². The van der Waals surface area contributed by atoms with E-state index in [2.05, 4.69) is 5.32 Å². The van der Waals surface area contributed by atoms with Crippen molar-refractivity contribution in [3.63, 3.8) is 0 Å². The summed E-state index contributed by atoms with van der Waals surface area (Å²) in [7, 11) is 0. The van der Waals surface area contributed by atoms with Gasteiger partial charge in [0.05, 0.1) is 10.6 Å². The fourth-order valence-corrected chi connectivity index (χ4v) is 2.24. The number of hydrogen-bond acceptors (Lipinski definition) is 5. The molecule has 1 aliphatic rings. The number of nitrogens with one attached hydrogen (secondary N) is 1. The third-order valence-corrected chi connectivity index (χ3v) is 3.10. The van der Waals surface area contributed by atoms with Crippen LogP contribution in [0.15, 0.2) is 12.1 Å². The summed E-state index contributed by atoms with van der Waals surface area (Å²) in [5, 5.41) is 23.6. The maximum atomic E-state index is 11.8. The fourth-order valence-electron chi connectivity index (χ4n) is 2.24. The molecule has 2 N–H and O–H groups in total. The Morgan fingerprint density at radius 3 is 2.68 bits per heavy atom. The number of carbonyl (C=O) groups is 2. The highest BCUT2D eigenvalue weighted by Gasteiger charge is 2.47. The highest BCUT2D eigenvalue weighted by atomic mass is 16.6. The second-order valence-corrected chi connectivity index (χ2v) is 4.64. The Bertz CT molecular complexity index is 610. The lowest BCUT2D eigenvalue weighted by atomic mass is 9.89. The monoisotopic (exact) mass is 264 g/mol. The standard InChI is InChI=1S/C12H12N2O5/c1-6-3-8(14(18)19)4-9-10(6)13-11(16)12(9,17)5-7(2)15/h3-4,17H,5H2,1-2H3,(H,13,16). The molecule has 0 fully saturated rings. The number of carbonyl (C=O) groups excluding carboxylic acids is 2. The molecule has 0 saturated carbocycles. The summed E-state index contributed by atoms with van der Waals surface area (Å²) in [5.41, 5.74) is -1.37. The van der Waals surface area contributed by atoms with Crippen molar-refractivity contribution in [2.45, 2.75) is 25.9 Å². The average Bonchev–Trinajstić information content (AvgIpc) is 2.52. The summed E-state index contributed by atoms with van der Waals surface area (Å²) in [6, 6.07) is 2.43. The van der Waals surface area contributed by atoms with Crippen molar-refractivity contribution in [2.24, 2.45) is 0 Å². The molecule has 1 aliphatic heterocycles. The number of Topliss-reactive ketones (excluding diaryl/α,β-unsaturated/α-hetero) is 1. The van der Waals surface area contributed by atoms with Crippen molar-refractivity contribution >= 4 is 23.1 Å². The Balaban J connectivity index is 2.64. The number of amides is 1. The number of aliphatic hydroxyl groups is 1. The van der Waals surface area contributed by atoms with E-state index < -0.39 is 22.9 Å². The zero-order chi connectivity index (χ0) is 14.4. The molecule has 1 heterocycles. The Labute approximate surface area is 108 Å². The molecular weight excluding hydrogens is 252 g/mol. The zero-order valence-corrected chi connectivity index (χ0v) is 10.4. The van der Waals surface area contributed by atoms with E-state index in [9.17, 15) is 24.8 Å². The molecule has 0 saturated heterocycles. The van der Waals surface area contributed by atoms with Gasteiger partial charge in [0.1, 0.15) is 5.78 Å². The largest absolute Gasteiger partial charge is 0.375 e. The average molecular weight is 264 g/mol. The second-order valence-electron chi connectivity index (χ2n) is 4.64. The highest BCUT2D eigenvalue weighted by molar-refractivity contribution is 6.07. The Morgan fingerprint density at radius 1 is 1.53 bits per heavy atom. The number of nitrogens with zero attached hydrogens (tertiary/aromatic N) is 1. The van der Waals surface area contributed by atoms with Crippen molar-refractivity contribution in [1.82, 2.24) is 0 Å². The summed E-state index contributed by atoms with van der Waals surface area (Å²) in [4.78, 5) is 33.2. The zero-order valence-electron chi connectivity index (χ0n) is 10.4. The van der Waals surface area contributed by atoms with E-state index in [0.29, 0.717) is 11.3 Å². The third kappa shape index (κ3) is 1.97. The first-order valence-corrected chi connectivity index (χ1v) is 5.58. The number of ketones is 1. The van der Waals surface area contributed by atoms with Gasteiger partial charge in [-0.05, 0) is 19.4 Å². The highest BCUT2D eigenvalue weighted by Crippen LogP contribution is 2.42. The first-order valence-electron chi connectivity index (χ1n) is 5.58. The first-order chi connectivity index (χ1) is 8.75.